The maximum atomic E-state index is 9.32. The number of thioether (sulfide) groups is 1. The molecule has 0 fully saturated rings. The predicted octanol–water partition coefficient (Wildman–Crippen LogP) is 5.06. The van der Waals surface area contributed by atoms with Gasteiger partial charge in [-0.15, -0.1) is 10.2 Å². The third-order valence-corrected chi connectivity index (χ3v) is 5.51. The number of hydrogen-bond acceptors (Lipinski definition) is 5. The molecular formula is C22H18N4OS. The Morgan fingerprint density at radius 1 is 1.04 bits per heavy atom. The van der Waals surface area contributed by atoms with E-state index in [1.54, 1.807) is 18.0 Å². The minimum absolute atomic E-state index is 0.548. The molecule has 0 aliphatic carbocycles. The van der Waals surface area contributed by atoms with Crippen molar-refractivity contribution in [1.29, 1.82) is 5.26 Å². The first-order chi connectivity index (χ1) is 13.8. The molecule has 0 saturated heterocycles. The first kappa shape index (κ1) is 18.1. The van der Waals surface area contributed by atoms with Gasteiger partial charge in [-0.25, -0.2) is 0 Å². The number of aromatic nitrogens is 3. The van der Waals surface area contributed by atoms with E-state index in [1.807, 2.05) is 48.5 Å². The summed E-state index contributed by atoms with van der Waals surface area (Å²) in [6, 6.07) is 21.8. The van der Waals surface area contributed by atoms with E-state index in [0.717, 1.165) is 33.4 Å². The lowest BCUT2D eigenvalue weighted by Crippen LogP contribution is -2.04. The fraction of sp³-hybridized carbons (Fsp3) is 0.136. The minimum Gasteiger partial charge on any atom is -0.467 e. The van der Waals surface area contributed by atoms with Crippen molar-refractivity contribution in [3.05, 3.63) is 89.4 Å². The van der Waals surface area contributed by atoms with Gasteiger partial charge in [0.2, 0.25) is 0 Å². The maximum absolute atomic E-state index is 9.32. The SMILES string of the molecule is Cc1ccccc1-c1nnc(SCc2ccccc2C#N)n1Cc1ccco1. The fourth-order valence-corrected chi connectivity index (χ4v) is 3.96. The van der Waals surface area contributed by atoms with E-state index >= 15 is 0 Å². The van der Waals surface area contributed by atoms with E-state index in [2.05, 4.69) is 39.9 Å². The van der Waals surface area contributed by atoms with Crippen LogP contribution in [0.15, 0.2) is 76.5 Å². The summed E-state index contributed by atoms with van der Waals surface area (Å²) in [6.07, 6.45) is 1.67. The highest BCUT2D eigenvalue weighted by Gasteiger charge is 2.17. The van der Waals surface area contributed by atoms with Crippen LogP contribution < -0.4 is 0 Å². The van der Waals surface area contributed by atoms with Crippen LogP contribution in [-0.4, -0.2) is 14.8 Å². The molecule has 2 aromatic heterocycles. The predicted molar refractivity (Wildman–Crippen MR) is 109 cm³/mol. The van der Waals surface area contributed by atoms with Crippen LogP contribution in [-0.2, 0) is 12.3 Å². The lowest BCUT2D eigenvalue weighted by Gasteiger charge is -2.10. The summed E-state index contributed by atoms with van der Waals surface area (Å²) in [7, 11) is 0. The Kier molecular flexibility index (Phi) is 5.27. The summed E-state index contributed by atoms with van der Waals surface area (Å²) in [5.41, 5.74) is 3.86. The van der Waals surface area contributed by atoms with Crippen molar-refractivity contribution in [1.82, 2.24) is 14.8 Å². The molecule has 4 rings (SSSR count). The second kappa shape index (κ2) is 8.15. The zero-order valence-corrected chi connectivity index (χ0v) is 16.2. The normalized spacial score (nSPS) is 10.7. The van der Waals surface area contributed by atoms with Crippen LogP contribution in [0.25, 0.3) is 11.4 Å². The van der Waals surface area contributed by atoms with Gasteiger partial charge in [0.05, 0.1) is 24.4 Å². The molecule has 0 amide bonds. The zero-order chi connectivity index (χ0) is 19.3. The van der Waals surface area contributed by atoms with Crippen molar-refractivity contribution in [2.45, 2.75) is 24.4 Å². The molecule has 0 atom stereocenters. The van der Waals surface area contributed by atoms with Crippen LogP contribution in [0.1, 0.15) is 22.5 Å². The fourth-order valence-electron chi connectivity index (χ4n) is 3.02. The third-order valence-electron chi connectivity index (χ3n) is 4.49. The van der Waals surface area contributed by atoms with Crippen molar-refractivity contribution in [3.63, 3.8) is 0 Å². The summed E-state index contributed by atoms with van der Waals surface area (Å²) in [4.78, 5) is 0. The van der Waals surface area contributed by atoms with Gasteiger partial charge in [-0.3, -0.25) is 4.57 Å². The van der Waals surface area contributed by atoms with Crippen LogP contribution in [0, 0.1) is 18.3 Å². The number of aryl methyl sites for hydroxylation is 1. The van der Waals surface area contributed by atoms with Gasteiger partial charge in [-0.1, -0.05) is 54.2 Å². The number of hydrogen-bond donors (Lipinski definition) is 0. The number of nitriles is 1. The molecule has 0 saturated carbocycles. The third kappa shape index (κ3) is 3.71. The molecule has 2 heterocycles. The molecule has 138 valence electrons. The lowest BCUT2D eigenvalue weighted by atomic mass is 10.1. The van der Waals surface area contributed by atoms with Crippen LogP contribution >= 0.6 is 11.8 Å². The minimum atomic E-state index is 0.548. The monoisotopic (exact) mass is 386 g/mol. The van der Waals surface area contributed by atoms with Gasteiger partial charge in [0, 0.05) is 11.3 Å². The topological polar surface area (TPSA) is 67.6 Å². The Balaban J connectivity index is 1.69. The average Bonchev–Trinajstić information content (AvgIpc) is 3.38. The van der Waals surface area contributed by atoms with Crippen molar-refractivity contribution < 1.29 is 4.42 Å². The maximum Gasteiger partial charge on any atom is 0.192 e. The molecule has 28 heavy (non-hydrogen) atoms. The molecule has 0 spiro atoms. The van der Waals surface area contributed by atoms with E-state index in [4.69, 9.17) is 4.42 Å². The first-order valence-electron chi connectivity index (χ1n) is 8.88. The van der Waals surface area contributed by atoms with Crippen LogP contribution in [0.5, 0.6) is 0 Å². The summed E-state index contributed by atoms with van der Waals surface area (Å²) in [6.45, 7) is 2.61. The van der Waals surface area contributed by atoms with E-state index < -0.39 is 0 Å². The summed E-state index contributed by atoms with van der Waals surface area (Å²) in [5.74, 6) is 2.30. The Morgan fingerprint density at radius 2 is 1.86 bits per heavy atom. The summed E-state index contributed by atoms with van der Waals surface area (Å²) in [5, 5.41) is 19.0. The molecule has 0 N–H and O–H groups in total. The highest BCUT2D eigenvalue weighted by Crippen LogP contribution is 2.29. The summed E-state index contributed by atoms with van der Waals surface area (Å²) < 4.78 is 7.62. The quantitative estimate of drug-likeness (QED) is 0.433. The standard InChI is InChI=1S/C22H18N4OS/c1-16-7-2-5-11-20(16)21-24-25-22(26(21)14-19-10-6-12-27-19)28-15-18-9-4-3-8-17(18)13-23/h2-12H,14-15H2,1H3. The molecule has 0 radical (unpaired) electrons. The number of nitrogens with zero attached hydrogens (tertiary/aromatic N) is 4. The van der Waals surface area contributed by atoms with Crippen LogP contribution in [0.2, 0.25) is 0 Å². The van der Waals surface area contributed by atoms with Gasteiger partial charge < -0.3 is 4.42 Å². The Morgan fingerprint density at radius 3 is 2.64 bits per heavy atom. The van der Waals surface area contributed by atoms with Crippen molar-refractivity contribution in [3.8, 4) is 17.5 Å². The van der Waals surface area contributed by atoms with Crippen molar-refractivity contribution in [2.75, 3.05) is 0 Å². The average molecular weight is 386 g/mol. The lowest BCUT2D eigenvalue weighted by molar-refractivity contribution is 0.485. The van der Waals surface area contributed by atoms with Crippen LogP contribution in [0.3, 0.4) is 0 Å². The van der Waals surface area contributed by atoms with E-state index in [-0.39, 0.29) is 0 Å². The van der Waals surface area contributed by atoms with E-state index in [1.165, 1.54) is 0 Å². The van der Waals surface area contributed by atoms with Gasteiger partial charge >= 0.3 is 0 Å². The van der Waals surface area contributed by atoms with Gasteiger partial charge in [0.25, 0.3) is 0 Å². The number of benzene rings is 2. The Hall–Kier alpha value is -3.30. The number of furan rings is 1. The molecule has 4 aromatic rings. The van der Waals surface area contributed by atoms with E-state index in [9.17, 15) is 5.26 Å². The van der Waals surface area contributed by atoms with Gasteiger partial charge in [0.1, 0.15) is 5.76 Å². The highest BCUT2D eigenvalue weighted by atomic mass is 32.2. The first-order valence-corrected chi connectivity index (χ1v) is 9.87. The molecule has 6 heteroatoms. The van der Waals surface area contributed by atoms with Crippen LogP contribution in [0.4, 0.5) is 0 Å². The Bertz CT molecular complexity index is 1130. The Labute approximate surface area is 167 Å². The largest absolute Gasteiger partial charge is 0.467 e. The smallest absolute Gasteiger partial charge is 0.192 e. The molecule has 0 aliphatic heterocycles. The second-order valence-corrected chi connectivity index (χ2v) is 7.29. The van der Waals surface area contributed by atoms with Crippen molar-refractivity contribution >= 4 is 11.8 Å². The molecular weight excluding hydrogens is 368 g/mol. The summed E-state index contributed by atoms with van der Waals surface area (Å²) >= 11 is 1.57. The molecule has 0 aliphatic rings. The zero-order valence-electron chi connectivity index (χ0n) is 15.4. The van der Waals surface area contributed by atoms with E-state index in [0.29, 0.717) is 17.9 Å². The molecule has 2 aromatic carbocycles. The number of rotatable bonds is 6. The second-order valence-electron chi connectivity index (χ2n) is 6.34. The van der Waals surface area contributed by atoms with Gasteiger partial charge in [-0.05, 0) is 36.2 Å². The van der Waals surface area contributed by atoms with Gasteiger partial charge in [0.15, 0.2) is 11.0 Å². The molecule has 5 nitrogen and oxygen atoms in total. The van der Waals surface area contributed by atoms with Gasteiger partial charge in [-0.2, -0.15) is 5.26 Å². The van der Waals surface area contributed by atoms with Crippen molar-refractivity contribution in [2.24, 2.45) is 0 Å². The molecule has 0 bridgehead atoms. The highest BCUT2D eigenvalue weighted by molar-refractivity contribution is 7.98. The molecule has 0 unspecified atom stereocenters.